The maximum Gasteiger partial charge on any atom is 0.191 e. The van der Waals surface area contributed by atoms with Crippen LogP contribution in [0.25, 0.3) is 0 Å². The van der Waals surface area contributed by atoms with Gasteiger partial charge in [-0.25, -0.2) is 0 Å². The number of guanidine groups is 1. The predicted octanol–water partition coefficient (Wildman–Crippen LogP) is 3.48. The van der Waals surface area contributed by atoms with Crippen molar-refractivity contribution in [3.8, 4) is 0 Å². The SMILES string of the molecule is CN=C(NCC(c1ccccc1Cl)N1CCOCC1)NCC1(CCOC)CCCC1. The van der Waals surface area contributed by atoms with Crippen LogP contribution in [-0.4, -0.2) is 71.0 Å². The Hall–Kier alpha value is -1.34. The van der Waals surface area contributed by atoms with E-state index in [2.05, 4.69) is 32.7 Å². The number of halogens is 1. The third kappa shape index (κ3) is 6.33. The second-order valence-electron chi connectivity index (χ2n) is 8.44. The first kappa shape index (κ1) is 23.3. The summed E-state index contributed by atoms with van der Waals surface area (Å²) in [7, 11) is 3.63. The normalized spacial score (nSPS) is 20.8. The molecule has 1 aliphatic carbocycles. The summed E-state index contributed by atoms with van der Waals surface area (Å²) < 4.78 is 10.9. The molecule has 3 rings (SSSR count). The second kappa shape index (κ2) is 11.9. The number of nitrogens with one attached hydrogen (secondary N) is 2. The maximum absolute atomic E-state index is 6.56. The first-order valence-corrected chi connectivity index (χ1v) is 11.5. The summed E-state index contributed by atoms with van der Waals surface area (Å²) in [6.45, 7) is 5.83. The number of morpholine rings is 1. The van der Waals surface area contributed by atoms with Crippen LogP contribution in [0, 0.1) is 5.41 Å². The lowest BCUT2D eigenvalue weighted by Gasteiger charge is -2.36. The van der Waals surface area contributed by atoms with Gasteiger partial charge in [0.15, 0.2) is 5.96 Å². The molecular weight excluding hydrogens is 400 g/mol. The fourth-order valence-corrected chi connectivity index (χ4v) is 4.98. The Kier molecular flexibility index (Phi) is 9.25. The minimum atomic E-state index is 0.176. The van der Waals surface area contributed by atoms with Crippen LogP contribution >= 0.6 is 11.6 Å². The van der Waals surface area contributed by atoms with Gasteiger partial charge in [-0.3, -0.25) is 9.89 Å². The van der Waals surface area contributed by atoms with Gasteiger partial charge in [-0.1, -0.05) is 42.6 Å². The third-order valence-electron chi connectivity index (χ3n) is 6.57. The minimum absolute atomic E-state index is 0.176. The summed E-state index contributed by atoms with van der Waals surface area (Å²) in [5.41, 5.74) is 1.47. The molecule has 30 heavy (non-hydrogen) atoms. The fourth-order valence-electron chi connectivity index (χ4n) is 4.71. The van der Waals surface area contributed by atoms with Crippen molar-refractivity contribution in [1.82, 2.24) is 15.5 Å². The van der Waals surface area contributed by atoms with Crippen LogP contribution in [0.2, 0.25) is 5.02 Å². The Morgan fingerprint density at radius 3 is 2.63 bits per heavy atom. The van der Waals surface area contributed by atoms with Crippen molar-refractivity contribution < 1.29 is 9.47 Å². The van der Waals surface area contributed by atoms with Crippen molar-refractivity contribution >= 4 is 17.6 Å². The lowest BCUT2D eigenvalue weighted by atomic mass is 9.83. The molecule has 1 saturated carbocycles. The molecule has 2 N–H and O–H groups in total. The zero-order valence-electron chi connectivity index (χ0n) is 18.5. The topological polar surface area (TPSA) is 58.1 Å². The van der Waals surface area contributed by atoms with Crippen molar-refractivity contribution in [2.24, 2.45) is 10.4 Å². The predicted molar refractivity (Wildman–Crippen MR) is 123 cm³/mol. The number of benzene rings is 1. The molecule has 0 amide bonds. The minimum Gasteiger partial charge on any atom is -0.385 e. The standard InChI is InChI=1S/C23H37ClN4O2/c1-25-22(27-18-23(11-14-29-2)9-5-6-10-23)26-17-21(28-12-15-30-16-13-28)19-7-3-4-8-20(19)24/h3-4,7-8,21H,5-6,9-18H2,1-2H3,(H2,25,26,27). The summed E-state index contributed by atoms with van der Waals surface area (Å²) in [6, 6.07) is 8.31. The van der Waals surface area contributed by atoms with Gasteiger partial charge in [-0.2, -0.15) is 0 Å². The Balaban J connectivity index is 1.62. The van der Waals surface area contributed by atoms with Gasteiger partial charge in [0, 0.05) is 52.0 Å². The van der Waals surface area contributed by atoms with Crippen LogP contribution in [-0.2, 0) is 9.47 Å². The van der Waals surface area contributed by atoms with Gasteiger partial charge in [0.05, 0.1) is 19.3 Å². The highest BCUT2D eigenvalue weighted by molar-refractivity contribution is 6.31. The number of methoxy groups -OCH3 is 1. The van der Waals surface area contributed by atoms with Crippen LogP contribution in [0.3, 0.4) is 0 Å². The summed E-state index contributed by atoms with van der Waals surface area (Å²) in [4.78, 5) is 6.93. The smallest absolute Gasteiger partial charge is 0.191 e. The summed E-state index contributed by atoms with van der Waals surface area (Å²) in [5, 5.41) is 7.96. The lowest BCUT2D eigenvalue weighted by Crippen LogP contribution is -2.48. The van der Waals surface area contributed by atoms with Gasteiger partial charge in [0.25, 0.3) is 0 Å². The van der Waals surface area contributed by atoms with Crippen molar-refractivity contribution in [2.45, 2.75) is 38.1 Å². The molecule has 2 aliphatic rings. The van der Waals surface area contributed by atoms with Gasteiger partial charge in [-0.05, 0) is 36.3 Å². The Labute approximate surface area is 186 Å². The van der Waals surface area contributed by atoms with E-state index in [4.69, 9.17) is 21.1 Å². The maximum atomic E-state index is 6.56. The lowest BCUT2D eigenvalue weighted by molar-refractivity contribution is 0.0170. The van der Waals surface area contributed by atoms with Crippen LogP contribution in [0.5, 0.6) is 0 Å². The summed E-state index contributed by atoms with van der Waals surface area (Å²) in [6.07, 6.45) is 6.24. The van der Waals surface area contributed by atoms with Crippen molar-refractivity contribution in [3.05, 3.63) is 34.9 Å². The van der Waals surface area contributed by atoms with Crippen LogP contribution < -0.4 is 10.6 Å². The molecule has 168 valence electrons. The summed E-state index contributed by atoms with van der Waals surface area (Å²) in [5.74, 6) is 0.851. The van der Waals surface area contributed by atoms with Crippen molar-refractivity contribution in [1.29, 1.82) is 0 Å². The number of nitrogens with zero attached hydrogens (tertiary/aromatic N) is 2. The highest BCUT2D eigenvalue weighted by Gasteiger charge is 2.33. The van der Waals surface area contributed by atoms with E-state index >= 15 is 0 Å². The molecular formula is C23H37ClN4O2. The average molecular weight is 437 g/mol. The Morgan fingerprint density at radius 1 is 1.23 bits per heavy atom. The highest BCUT2D eigenvalue weighted by Crippen LogP contribution is 2.40. The van der Waals surface area contributed by atoms with Gasteiger partial charge >= 0.3 is 0 Å². The monoisotopic (exact) mass is 436 g/mol. The van der Waals surface area contributed by atoms with Crippen molar-refractivity contribution in [3.63, 3.8) is 0 Å². The number of aliphatic imine (C=N–C) groups is 1. The molecule has 1 unspecified atom stereocenters. The first-order chi connectivity index (χ1) is 14.7. The molecule has 1 heterocycles. The fraction of sp³-hybridized carbons (Fsp3) is 0.696. The van der Waals surface area contributed by atoms with E-state index in [1.165, 1.54) is 25.7 Å². The molecule has 1 saturated heterocycles. The van der Waals surface area contributed by atoms with Gasteiger partial charge < -0.3 is 20.1 Å². The number of hydrogen-bond acceptors (Lipinski definition) is 4. The Morgan fingerprint density at radius 2 is 1.97 bits per heavy atom. The molecule has 0 bridgehead atoms. The van der Waals surface area contributed by atoms with Crippen LogP contribution in [0.15, 0.2) is 29.3 Å². The molecule has 6 nitrogen and oxygen atoms in total. The van der Waals surface area contributed by atoms with E-state index in [9.17, 15) is 0 Å². The van der Waals surface area contributed by atoms with E-state index in [1.54, 1.807) is 7.11 Å². The van der Waals surface area contributed by atoms with Gasteiger partial charge in [-0.15, -0.1) is 0 Å². The highest BCUT2D eigenvalue weighted by atomic mass is 35.5. The molecule has 1 aromatic carbocycles. The van der Waals surface area contributed by atoms with E-state index < -0.39 is 0 Å². The average Bonchev–Trinajstić information content (AvgIpc) is 3.25. The van der Waals surface area contributed by atoms with Gasteiger partial charge in [0.1, 0.15) is 0 Å². The molecule has 0 radical (unpaired) electrons. The molecule has 7 heteroatoms. The van der Waals surface area contributed by atoms with E-state index in [0.717, 1.165) is 69.0 Å². The zero-order chi connectivity index (χ0) is 21.2. The quantitative estimate of drug-likeness (QED) is 0.458. The third-order valence-corrected chi connectivity index (χ3v) is 6.91. The molecule has 2 fully saturated rings. The molecule has 1 aliphatic heterocycles. The molecule has 1 aromatic rings. The number of ether oxygens (including phenoxy) is 2. The van der Waals surface area contributed by atoms with E-state index in [0.29, 0.717) is 5.41 Å². The van der Waals surface area contributed by atoms with E-state index in [1.807, 2.05) is 19.2 Å². The molecule has 0 aromatic heterocycles. The zero-order valence-corrected chi connectivity index (χ0v) is 19.2. The first-order valence-electron chi connectivity index (χ1n) is 11.2. The number of rotatable bonds is 9. The van der Waals surface area contributed by atoms with Crippen molar-refractivity contribution in [2.75, 3.05) is 60.2 Å². The largest absolute Gasteiger partial charge is 0.385 e. The van der Waals surface area contributed by atoms with Crippen LogP contribution in [0.1, 0.15) is 43.7 Å². The van der Waals surface area contributed by atoms with Gasteiger partial charge in [0.2, 0.25) is 0 Å². The Bertz CT molecular complexity index is 673. The second-order valence-corrected chi connectivity index (χ2v) is 8.85. The van der Waals surface area contributed by atoms with Crippen LogP contribution in [0.4, 0.5) is 0 Å². The van der Waals surface area contributed by atoms with E-state index in [-0.39, 0.29) is 6.04 Å². The molecule has 0 spiro atoms. The summed E-state index contributed by atoms with van der Waals surface area (Å²) >= 11 is 6.56. The number of hydrogen-bond donors (Lipinski definition) is 2. The molecule has 1 atom stereocenters.